The van der Waals surface area contributed by atoms with E-state index >= 15 is 0 Å². The van der Waals surface area contributed by atoms with Gasteiger partial charge in [-0.3, -0.25) is 9.59 Å². The van der Waals surface area contributed by atoms with E-state index in [9.17, 15) is 24.0 Å². The predicted octanol–water partition coefficient (Wildman–Crippen LogP) is 3.91. The van der Waals surface area contributed by atoms with E-state index in [4.69, 9.17) is 15.2 Å². The Labute approximate surface area is 304 Å². The highest BCUT2D eigenvalue weighted by atomic mass is 16.6. The van der Waals surface area contributed by atoms with Gasteiger partial charge in [-0.2, -0.15) is 0 Å². The Morgan fingerprint density at radius 3 is 2.06 bits per heavy atom. The zero-order chi connectivity index (χ0) is 37.6. The molecule has 0 unspecified atom stereocenters. The van der Waals surface area contributed by atoms with Gasteiger partial charge in [0, 0.05) is 38.3 Å². The lowest BCUT2D eigenvalue weighted by Crippen LogP contribution is -2.54. The van der Waals surface area contributed by atoms with E-state index in [1.54, 1.807) is 52.2 Å². The number of hydrogen-bond acceptors (Lipinski definition) is 8. The number of nitrogens with one attached hydrogen (secondary N) is 5. The number of amides is 6. The van der Waals surface area contributed by atoms with E-state index < -0.39 is 42.1 Å². The van der Waals surface area contributed by atoms with Crippen molar-refractivity contribution in [3.8, 4) is 11.1 Å². The fraction of sp³-hybridized carbons (Fsp3) is 0.395. The maximum atomic E-state index is 13.6. The van der Waals surface area contributed by atoms with Gasteiger partial charge in [-0.05, 0) is 65.8 Å². The lowest BCUT2D eigenvalue weighted by atomic mass is 9.98. The third-order valence-corrected chi connectivity index (χ3v) is 8.76. The molecule has 0 radical (unpaired) electrons. The van der Waals surface area contributed by atoms with E-state index in [2.05, 4.69) is 26.6 Å². The molecule has 0 bridgehead atoms. The largest absolute Gasteiger partial charge is 0.449 e. The van der Waals surface area contributed by atoms with Crippen LogP contribution in [-0.4, -0.2) is 87.4 Å². The average molecular weight is 716 g/mol. The summed E-state index contributed by atoms with van der Waals surface area (Å²) in [5.74, 6) is -1.55. The van der Waals surface area contributed by atoms with E-state index in [0.29, 0.717) is 25.2 Å². The first-order chi connectivity index (χ1) is 25.0. The van der Waals surface area contributed by atoms with Crippen molar-refractivity contribution in [3.05, 3.63) is 89.5 Å². The van der Waals surface area contributed by atoms with Crippen LogP contribution in [0.1, 0.15) is 49.3 Å². The fourth-order valence-electron chi connectivity index (χ4n) is 5.89. The Morgan fingerprint density at radius 1 is 0.827 bits per heavy atom. The number of anilines is 1. The van der Waals surface area contributed by atoms with E-state index in [1.165, 1.54) is 4.90 Å². The highest BCUT2D eigenvalue weighted by Gasteiger charge is 2.32. The Morgan fingerprint density at radius 2 is 1.46 bits per heavy atom. The standard InChI is InChI=1S/C38H49N7O7/c1-24(2)33(44-37(49)51-23-31-29-12-7-5-10-27(29)28-11-6-8-13-30(28)31)35(47)43-32(14-9-19-41-36(39)48)34(46)42-26-17-15-25(16-18-26)22-52-38(50)45(4)21-20-40-3/h5-8,10-13,15-18,24,31-33,40H,9,14,19-23H2,1-4H3,(H,42,46)(H,43,47)(H,44,49)(H3,39,41,48)/t32-,33-/m0/s1. The SMILES string of the molecule is CNCCN(C)C(=O)OCc1ccc(NC(=O)[C@H](CCCNC(N)=O)NC(=O)[C@@H](NC(=O)OCC2c3ccccc3-c3ccccc32)C(C)C)cc1. The lowest BCUT2D eigenvalue weighted by Gasteiger charge is -2.25. The Balaban J connectivity index is 1.36. The van der Waals surface area contributed by atoms with Gasteiger partial charge >= 0.3 is 18.2 Å². The molecule has 6 amide bonds. The number of nitrogens with two attached hydrogens (primary N) is 1. The number of nitrogens with zero attached hydrogens (tertiary/aromatic N) is 1. The van der Waals surface area contributed by atoms with Gasteiger partial charge < -0.3 is 46.7 Å². The van der Waals surface area contributed by atoms with Gasteiger partial charge in [-0.15, -0.1) is 0 Å². The topological polar surface area (TPSA) is 193 Å². The van der Waals surface area contributed by atoms with Crippen LogP contribution in [0.5, 0.6) is 0 Å². The molecule has 52 heavy (non-hydrogen) atoms. The van der Waals surface area contributed by atoms with Crippen LogP contribution in [0.25, 0.3) is 11.1 Å². The minimum Gasteiger partial charge on any atom is -0.449 e. The summed E-state index contributed by atoms with van der Waals surface area (Å²) in [6.45, 7) is 5.02. The third-order valence-electron chi connectivity index (χ3n) is 8.76. The summed E-state index contributed by atoms with van der Waals surface area (Å²) in [5, 5.41) is 13.7. The van der Waals surface area contributed by atoms with Crippen LogP contribution in [0, 0.1) is 5.92 Å². The molecule has 1 aliphatic rings. The van der Waals surface area contributed by atoms with Gasteiger partial charge in [-0.25, -0.2) is 14.4 Å². The van der Waals surface area contributed by atoms with Crippen molar-refractivity contribution >= 4 is 35.7 Å². The number of likely N-dealkylation sites (N-methyl/N-ethyl adjacent to an activating group) is 2. The van der Waals surface area contributed by atoms with Gasteiger partial charge in [-0.1, -0.05) is 74.5 Å². The summed E-state index contributed by atoms with van der Waals surface area (Å²) < 4.78 is 11.0. The quantitative estimate of drug-likeness (QED) is 0.113. The Hall–Kier alpha value is -5.63. The summed E-state index contributed by atoms with van der Waals surface area (Å²) in [6, 6.07) is 20.0. The number of carbonyl (C=O) groups excluding carboxylic acids is 5. The van der Waals surface area contributed by atoms with Crippen molar-refractivity contribution < 1.29 is 33.4 Å². The molecular weight excluding hydrogens is 666 g/mol. The first kappa shape index (κ1) is 39.2. The zero-order valence-electron chi connectivity index (χ0n) is 30.1. The summed E-state index contributed by atoms with van der Waals surface area (Å²) in [7, 11) is 3.45. The van der Waals surface area contributed by atoms with Crippen LogP contribution in [0.2, 0.25) is 0 Å². The van der Waals surface area contributed by atoms with Crippen molar-refractivity contribution in [1.29, 1.82) is 0 Å². The van der Waals surface area contributed by atoms with Gasteiger partial charge in [0.25, 0.3) is 0 Å². The number of carbonyl (C=O) groups is 5. The number of urea groups is 1. The minimum atomic E-state index is -1.01. The molecule has 0 saturated heterocycles. The smallest absolute Gasteiger partial charge is 0.409 e. The molecule has 14 nitrogen and oxygen atoms in total. The minimum absolute atomic E-state index is 0.0514. The first-order valence-corrected chi connectivity index (χ1v) is 17.4. The number of rotatable bonds is 17. The Bertz CT molecular complexity index is 1650. The summed E-state index contributed by atoms with van der Waals surface area (Å²) in [4.78, 5) is 65.0. The van der Waals surface area contributed by atoms with Gasteiger partial charge in [0.2, 0.25) is 11.8 Å². The maximum absolute atomic E-state index is 13.6. The lowest BCUT2D eigenvalue weighted by molar-refractivity contribution is -0.128. The molecule has 4 rings (SSSR count). The fourth-order valence-corrected chi connectivity index (χ4v) is 5.89. The van der Waals surface area contributed by atoms with Crippen LogP contribution in [0.15, 0.2) is 72.8 Å². The van der Waals surface area contributed by atoms with Crippen LogP contribution in [-0.2, 0) is 25.7 Å². The second kappa shape index (κ2) is 19.1. The van der Waals surface area contributed by atoms with Crippen LogP contribution in [0.4, 0.5) is 20.1 Å². The van der Waals surface area contributed by atoms with Crippen molar-refractivity contribution in [2.45, 2.75) is 51.3 Å². The van der Waals surface area contributed by atoms with Crippen molar-refractivity contribution in [1.82, 2.24) is 26.2 Å². The molecule has 0 fully saturated rings. The van der Waals surface area contributed by atoms with Crippen molar-refractivity contribution in [2.24, 2.45) is 11.7 Å². The van der Waals surface area contributed by atoms with Crippen molar-refractivity contribution in [2.75, 3.05) is 45.7 Å². The van der Waals surface area contributed by atoms with Crippen LogP contribution < -0.4 is 32.3 Å². The van der Waals surface area contributed by atoms with Gasteiger partial charge in [0.05, 0.1) is 0 Å². The van der Waals surface area contributed by atoms with E-state index in [1.807, 2.05) is 48.5 Å². The summed E-state index contributed by atoms with van der Waals surface area (Å²) in [5.41, 5.74) is 10.7. The number of primary amides is 1. The molecule has 3 aromatic rings. The van der Waals surface area contributed by atoms with Crippen LogP contribution >= 0.6 is 0 Å². The monoisotopic (exact) mass is 715 g/mol. The number of hydrogen-bond donors (Lipinski definition) is 6. The highest BCUT2D eigenvalue weighted by molar-refractivity contribution is 5.98. The number of ether oxygens (including phenoxy) is 2. The molecule has 278 valence electrons. The zero-order valence-corrected chi connectivity index (χ0v) is 30.1. The number of alkyl carbamates (subject to hydrolysis) is 1. The van der Waals surface area contributed by atoms with Crippen LogP contribution in [0.3, 0.4) is 0 Å². The molecule has 0 aliphatic heterocycles. The second-order valence-electron chi connectivity index (χ2n) is 13.0. The molecular formula is C38H49N7O7. The van der Waals surface area contributed by atoms with E-state index in [-0.39, 0.29) is 38.0 Å². The predicted molar refractivity (Wildman–Crippen MR) is 197 cm³/mol. The molecule has 0 heterocycles. The molecule has 3 aromatic carbocycles. The highest BCUT2D eigenvalue weighted by Crippen LogP contribution is 2.44. The first-order valence-electron chi connectivity index (χ1n) is 17.4. The van der Waals surface area contributed by atoms with Gasteiger partial charge in [0.15, 0.2) is 0 Å². The van der Waals surface area contributed by atoms with E-state index in [0.717, 1.165) is 27.8 Å². The normalized spacial score (nSPS) is 12.9. The Kier molecular flexibility index (Phi) is 14.4. The molecule has 7 N–H and O–H groups in total. The molecule has 2 atom stereocenters. The molecule has 0 spiro atoms. The summed E-state index contributed by atoms with van der Waals surface area (Å²) in [6.07, 6.45) is -0.703. The molecule has 1 aliphatic carbocycles. The number of benzene rings is 3. The molecule has 14 heteroatoms. The van der Waals surface area contributed by atoms with Gasteiger partial charge in [0.1, 0.15) is 25.3 Å². The van der Waals surface area contributed by atoms with Crippen molar-refractivity contribution in [3.63, 3.8) is 0 Å². The average Bonchev–Trinajstić information content (AvgIpc) is 3.45. The summed E-state index contributed by atoms with van der Waals surface area (Å²) >= 11 is 0. The second-order valence-corrected chi connectivity index (χ2v) is 13.0. The molecule has 0 aromatic heterocycles. The third kappa shape index (κ3) is 10.9. The maximum Gasteiger partial charge on any atom is 0.409 e. The molecule has 0 saturated carbocycles. The number of fused-ring (bicyclic) bond motifs is 3.